The van der Waals surface area contributed by atoms with Gasteiger partial charge in [0, 0.05) is 36.8 Å². The van der Waals surface area contributed by atoms with Crippen LogP contribution in [-0.4, -0.2) is 61.4 Å². The standard InChI is InChI=1S/C15H21ClN2O3/c1-11-13(3-2-4-14(11)16)15(20)17-9-12(19)10-18-5-7-21-8-6-18/h2-4,12,19H,5-10H2,1H3,(H,17,20). The lowest BCUT2D eigenvalue weighted by Gasteiger charge is -2.28. The van der Waals surface area contributed by atoms with Crippen molar-refractivity contribution in [3.05, 3.63) is 34.3 Å². The molecule has 1 saturated heterocycles. The third-order valence-corrected chi connectivity index (χ3v) is 3.99. The van der Waals surface area contributed by atoms with Crippen LogP contribution in [0.4, 0.5) is 0 Å². The maximum atomic E-state index is 12.1. The molecule has 1 aliphatic heterocycles. The highest BCUT2D eigenvalue weighted by Crippen LogP contribution is 2.18. The molecule has 2 rings (SSSR count). The Morgan fingerprint density at radius 2 is 2.19 bits per heavy atom. The Hall–Kier alpha value is -1.14. The van der Waals surface area contributed by atoms with Crippen LogP contribution in [0.25, 0.3) is 0 Å². The van der Waals surface area contributed by atoms with E-state index in [1.165, 1.54) is 0 Å². The number of nitrogens with one attached hydrogen (secondary N) is 1. The normalized spacial score (nSPS) is 17.5. The van der Waals surface area contributed by atoms with Crippen molar-refractivity contribution >= 4 is 17.5 Å². The van der Waals surface area contributed by atoms with Crippen LogP contribution in [0.2, 0.25) is 5.02 Å². The molecule has 0 bridgehead atoms. The summed E-state index contributed by atoms with van der Waals surface area (Å²) in [7, 11) is 0. The number of β-amino-alcohol motifs (C(OH)–C–C–N with tert-alkyl or cyclic N) is 1. The first kappa shape index (κ1) is 16.2. The number of rotatable bonds is 5. The molecular formula is C15H21ClN2O3. The van der Waals surface area contributed by atoms with Gasteiger partial charge in [-0.05, 0) is 24.6 Å². The average molecular weight is 313 g/mol. The van der Waals surface area contributed by atoms with Crippen LogP contribution in [-0.2, 0) is 4.74 Å². The van der Waals surface area contributed by atoms with E-state index in [-0.39, 0.29) is 12.5 Å². The van der Waals surface area contributed by atoms with Crippen molar-refractivity contribution < 1.29 is 14.6 Å². The summed E-state index contributed by atoms with van der Waals surface area (Å²) >= 11 is 6.00. The number of hydrogen-bond acceptors (Lipinski definition) is 4. The molecule has 1 aliphatic rings. The van der Waals surface area contributed by atoms with Crippen molar-refractivity contribution in [2.45, 2.75) is 13.0 Å². The largest absolute Gasteiger partial charge is 0.390 e. The Morgan fingerprint density at radius 1 is 1.48 bits per heavy atom. The van der Waals surface area contributed by atoms with Crippen LogP contribution >= 0.6 is 11.6 Å². The van der Waals surface area contributed by atoms with Crippen molar-refractivity contribution in [2.75, 3.05) is 39.4 Å². The van der Waals surface area contributed by atoms with Gasteiger partial charge in [-0.1, -0.05) is 17.7 Å². The van der Waals surface area contributed by atoms with Gasteiger partial charge in [-0.3, -0.25) is 9.69 Å². The fourth-order valence-electron chi connectivity index (χ4n) is 2.31. The number of ether oxygens (including phenoxy) is 1. The van der Waals surface area contributed by atoms with Gasteiger partial charge in [0.25, 0.3) is 5.91 Å². The van der Waals surface area contributed by atoms with Gasteiger partial charge in [0.15, 0.2) is 0 Å². The minimum absolute atomic E-state index is 0.212. The molecule has 1 fully saturated rings. The second-order valence-corrected chi connectivity index (χ2v) is 5.60. The average Bonchev–Trinajstić information content (AvgIpc) is 2.48. The predicted octanol–water partition coefficient (Wildman–Crippen LogP) is 1.07. The molecule has 0 saturated carbocycles. The van der Waals surface area contributed by atoms with Gasteiger partial charge < -0.3 is 15.2 Å². The molecule has 2 N–H and O–H groups in total. The fraction of sp³-hybridized carbons (Fsp3) is 0.533. The minimum atomic E-state index is -0.591. The predicted molar refractivity (Wildman–Crippen MR) is 81.8 cm³/mol. The number of morpholine rings is 1. The third kappa shape index (κ3) is 4.68. The van der Waals surface area contributed by atoms with Gasteiger partial charge in [-0.25, -0.2) is 0 Å². The van der Waals surface area contributed by atoms with Gasteiger partial charge in [0.05, 0.1) is 19.3 Å². The summed E-state index contributed by atoms with van der Waals surface area (Å²) in [6, 6.07) is 5.22. The van der Waals surface area contributed by atoms with E-state index in [2.05, 4.69) is 10.2 Å². The summed E-state index contributed by atoms with van der Waals surface area (Å²) in [6.45, 7) is 5.60. The first-order valence-corrected chi connectivity index (χ1v) is 7.47. The van der Waals surface area contributed by atoms with E-state index < -0.39 is 6.10 Å². The monoisotopic (exact) mass is 312 g/mol. The number of benzene rings is 1. The van der Waals surface area contributed by atoms with E-state index >= 15 is 0 Å². The van der Waals surface area contributed by atoms with E-state index in [0.717, 1.165) is 18.7 Å². The van der Waals surface area contributed by atoms with Gasteiger partial charge in [-0.15, -0.1) is 0 Å². The van der Waals surface area contributed by atoms with Crippen molar-refractivity contribution in [3.8, 4) is 0 Å². The van der Waals surface area contributed by atoms with Crippen LogP contribution < -0.4 is 5.32 Å². The number of halogens is 1. The van der Waals surface area contributed by atoms with Crippen LogP contribution in [0.5, 0.6) is 0 Å². The fourth-order valence-corrected chi connectivity index (χ4v) is 2.48. The second kappa shape index (κ2) is 7.75. The van der Waals surface area contributed by atoms with E-state index in [1.807, 2.05) is 0 Å². The van der Waals surface area contributed by atoms with Gasteiger partial charge in [-0.2, -0.15) is 0 Å². The molecule has 1 atom stereocenters. The molecule has 6 heteroatoms. The Balaban J connectivity index is 1.81. The molecule has 1 aromatic rings. The molecule has 1 aromatic carbocycles. The third-order valence-electron chi connectivity index (χ3n) is 3.58. The second-order valence-electron chi connectivity index (χ2n) is 5.19. The Bertz CT molecular complexity index is 490. The number of hydrogen-bond donors (Lipinski definition) is 2. The van der Waals surface area contributed by atoms with Gasteiger partial charge >= 0.3 is 0 Å². The molecule has 5 nitrogen and oxygen atoms in total. The number of carbonyl (C=O) groups is 1. The first-order chi connectivity index (χ1) is 10.1. The zero-order chi connectivity index (χ0) is 15.2. The van der Waals surface area contributed by atoms with Crippen LogP contribution in [0, 0.1) is 6.92 Å². The summed E-state index contributed by atoms with van der Waals surface area (Å²) in [5, 5.41) is 13.3. The van der Waals surface area contributed by atoms with E-state index in [0.29, 0.717) is 30.3 Å². The zero-order valence-corrected chi connectivity index (χ0v) is 12.9. The van der Waals surface area contributed by atoms with Crippen molar-refractivity contribution in [3.63, 3.8) is 0 Å². The Labute approximate surface area is 129 Å². The van der Waals surface area contributed by atoms with Gasteiger partial charge in [0.1, 0.15) is 0 Å². The van der Waals surface area contributed by atoms with Gasteiger partial charge in [0.2, 0.25) is 0 Å². The zero-order valence-electron chi connectivity index (χ0n) is 12.1. The molecule has 0 aliphatic carbocycles. The lowest BCUT2D eigenvalue weighted by atomic mass is 10.1. The van der Waals surface area contributed by atoms with Crippen LogP contribution in [0.3, 0.4) is 0 Å². The van der Waals surface area contributed by atoms with E-state index in [9.17, 15) is 9.90 Å². The number of nitrogens with zero attached hydrogens (tertiary/aromatic N) is 1. The summed E-state index contributed by atoms with van der Waals surface area (Å²) in [5.41, 5.74) is 1.29. The highest BCUT2D eigenvalue weighted by molar-refractivity contribution is 6.31. The molecule has 0 radical (unpaired) electrons. The SMILES string of the molecule is Cc1c(Cl)cccc1C(=O)NCC(O)CN1CCOCC1. The summed E-state index contributed by atoms with van der Waals surface area (Å²) < 4.78 is 5.26. The molecule has 21 heavy (non-hydrogen) atoms. The highest BCUT2D eigenvalue weighted by atomic mass is 35.5. The van der Waals surface area contributed by atoms with E-state index in [1.54, 1.807) is 25.1 Å². The molecule has 1 unspecified atom stereocenters. The highest BCUT2D eigenvalue weighted by Gasteiger charge is 2.16. The molecule has 116 valence electrons. The maximum Gasteiger partial charge on any atom is 0.251 e. The topological polar surface area (TPSA) is 61.8 Å². The minimum Gasteiger partial charge on any atom is -0.390 e. The lowest BCUT2D eigenvalue weighted by Crippen LogP contribution is -2.44. The molecule has 1 amide bonds. The molecular weight excluding hydrogens is 292 g/mol. The van der Waals surface area contributed by atoms with Crippen LogP contribution in [0.1, 0.15) is 15.9 Å². The van der Waals surface area contributed by atoms with Crippen molar-refractivity contribution in [1.82, 2.24) is 10.2 Å². The summed E-state index contributed by atoms with van der Waals surface area (Å²) in [5.74, 6) is -0.212. The van der Waals surface area contributed by atoms with Crippen molar-refractivity contribution in [2.24, 2.45) is 0 Å². The Kier molecular flexibility index (Phi) is 5.99. The molecule has 1 heterocycles. The van der Waals surface area contributed by atoms with E-state index in [4.69, 9.17) is 16.3 Å². The number of aliphatic hydroxyl groups excluding tert-OH is 1. The maximum absolute atomic E-state index is 12.1. The van der Waals surface area contributed by atoms with Crippen LogP contribution in [0.15, 0.2) is 18.2 Å². The number of carbonyl (C=O) groups excluding carboxylic acids is 1. The number of aliphatic hydroxyl groups is 1. The smallest absolute Gasteiger partial charge is 0.251 e. The van der Waals surface area contributed by atoms with Crippen molar-refractivity contribution in [1.29, 1.82) is 0 Å². The molecule has 0 spiro atoms. The quantitative estimate of drug-likeness (QED) is 0.854. The number of amides is 1. The lowest BCUT2D eigenvalue weighted by molar-refractivity contribution is 0.0149. The summed E-state index contributed by atoms with van der Waals surface area (Å²) in [4.78, 5) is 14.2. The summed E-state index contributed by atoms with van der Waals surface area (Å²) in [6.07, 6.45) is -0.591. The molecule has 0 aromatic heterocycles. The first-order valence-electron chi connectivity index (χ1n) is 7.09. The Morgan fingerprint density at radius 3 is 2.90 bits per heavy atom.